The van der Waals surface area contributed by atoms with Gasteiger partial charge in [-0.3, -0.25) is 14.7 Å². The van der Waals surface area contributed by atoms with Crippen LogP contribution >= 0.6 is 0 Å². The number of rotatable bonds is 6. The maximum Gasteiger partial charge on any atom is 0.251 e. The summed E-state index contributed by atoms with van der Waals surface area (Å²) in [5, 5.41) is 10.6. The van der Waals surface area contributed by atoms with Crippen LogP contribution in [0, 0.1) is 6.92 Å². The van der Waals surface area contributed by atoms with Crippen molar-refractivity contribution in [2.75, 3.05) is 13.1 Å². The molecule has 1 aromatic heterocycles. The van der Waals surface area contributed by atoms with Crippen LogP contribution in [0.4, 0.5) is 0 Å². The number of amides is 2. The number of hydrogen-bond acceptors (Lipinski definition) is 3. The molecule has 2 aliphatic rings. The maximum absolute atomic E-state index is 12.6. The Kier molecular flexibility index (Phi) is 4.72. The van der Waals surface area contributed by atoms with Crippen molar-refractivity contribution in [2.24, 2.45) is 0 Å². The van der Waals surface area contributed by atoms with E-state index in [1.165, 1.54) is 18.4 Å². The minimum atomic E-state index is -0.121. The Bertz CT molecular complexity index is 852. The van der Waals surface area contributed by atoms with Crippen molar-refractivity contribution in [3.8, 4) is 11.1 Å². The van der Waals surface area contributed by atoms with E-state index >= 15 is 0 Å². The maximum atomic E-state index is 12.6. The van der Waals surface area contributed by atoms with Gasteiger partial charge in [-0.05, 0) is 43.9 Å². The molecule has 2 fully saturated rings. The van der Waals surface area contributed by atoms with Crippen molar-refractivity contribution in [2.45, 2.75) is 51.5 Å². The molecule has 1 saturated heterocycles. The molecule has 2 N–H and O–H groups in total. The predicted molar refractivity (Wildman–Crippen MR) is 103 cm³/mol. The number of benzene rings is 1. The summed E-state index contributed by atoms with van der Waals surface area (Å²) in [6.45, 7) is 5.45. The van der Waals surface area contributed by atoms with E-state index in [-0.39, 0.29) is 17.9 Å². The molecule has 1 unspecified atom stereocenters. The Morgan fingerprint density at radius 2 is 2.04 bits per heavy atom. The van der Waals surface area contributed by atoms with Crippen molar-refractivity contribution in [3.05, 3.63) is 41.2 Å². The van der Waals surface area contributed by atoms with E-state index in [9.17, 15) is 9.59 Å². The summed E-state index contributed by atoms with van der Waals surface area (Å²) in [5.41, 5.74) is 5.08. The molecule has 6 heteroatoms. The van der Waals surface area contributed by atoms with Crippen LogP contribution in [0.5, 0.6) is 0 Å². The minimum absolute atomic E-state index is 0.103. The van der Waals surface area contributed by atoms with Crippen molar-refractivity contribution in [1.29, 1.82) is 0 Å². The lowest BCUT2D eigenvalue weighted by molar-refractivity contribution is -0.127. The van der Waals surface area contributed by atoms with Crippen LogP contribution in [0.15, 0.2) is 24.3 Å². The lowest BCUT2D eigenvalue weighted by atomic mass is 10.00. The largest absolute Gasteiger partial charge is 0.347 e. The van der Waals surface area contributed by atoms with Gasteiger partial charge in [-0.15, -0.1) is 0 Å². The van der Waals surface area contributed by atoms with Gasteiger partial charge in [0.25, 0.3) is 5.91 Å². The van der Waals surface area contributed by atoms with E-state index in [4.69, 9.17) is 0 Å². The highest BCUT2D eigenvalue weighted by atomic mass is 16.2. The number of carbonyl (C=O) groups excluding carboxylic acids is 2. The van der Waals surface area contributed by atoms with Gasteiger partial charge in [0.1, 0.15) is 0 Å². The second kappa shape index (κ2) is 7.18. The highest BCUT2D eigenvalue weighted by Crippen LogP contribution is 2.44. The van der Waals surface area contributed by atoms with Gasteiger partial charge in [0, 0.05) is 42.2 Å². The highest BCUT2D eigenvalue weighted by Gasteiger charge is 2.31. The quantitative estimate of drug-likeness (QED) is 0.825. The molecule has 2 aromatic rings. The van der Waals surface area contributed by atoms with Gasteiger partial charge in [0.2, 0.25) is 5.91 Å². The van der Waals surface area contributed by atoms with Gasteiger partial charge in [-0.25, -0.2) is 0 Å². The zero-order valence-corrected chi connectivity index (χ0v) is 15.9. The van der Waals surface area contributed by atoms with Crippen molar-refractivity contribution >= 4 is 11.8 Å². The molecule has 4 rings (SSSR count). The van der Waals surface area contributed by atoms with E-state index in [2.05, 4.69) is 22.4 Å². The second-order valence-electron chi connectivity index (χ2n) is 7.67. The average molecular weight is 366 g/mol. The molecule has 1 saturated carbocycles. The summed E-state index contributed by atoms with van der Waals surface area (Å²) in [5.74, 6) is 0.573. The fourth-order valence-corrected chi connectivity index (χ4v) is 3.88. The Labute approximate surface area is 159 Å². The number of hydrogen-bond donors (Lipinski definition) is 2. The summed E-state index contributed by atoms with van der Waals surface area (Å²) >= 11 is 0. The monoisotopic (exact) mass is 366 g/mol. The highest BCUT2D eigenvalue weighted by molar-refractivity contribution is 5.95. The van der Waals surface area contributed by atoms with Gasteiger partial charge < -0.3 is 10.2 Å². The number of H-pyrrole nitrogens is 1. The number of carbonyl (C=O) groups is 2. The Morgan fingerprint density at radius 1 is 1.30 bits per heavy atom. The molecule has 1 aliphatic carbocycles. The van der Waals surface area contributed by atoms with Crippen molar-refractivity contribution < 1.29 is 9.59 Å². The molecule has 27 heavy (non-hydrogen) atoms. The van der Waals surface area contributed by atoms with Crippen LogP contribution in [0.2, 0.25) is 0 Å². The van der Waals surface area contributed by atoms with E-state index in [1.54, 1.807) is 0 Å². The SMILES string of the molecule is CCCN1CC(NC(=O)c2ccc(-c3c(C4CC4)n[nH]c3C)cc2)CC1=O. The third-order valence-corrected chi connectivity index (χ3v) is 5.42. The molecule has 1 aromatic carbocycles. The summed E-state index contributed by atoms with van der Waals surface area (Å²) in [4.78, 5) is 26.3. The van der Waals surface area contributed by atoms with E-state index in [0.29, 0.717) is 24.4 Å². The average Bonchev–Trinajstić information content (AvgIpc) is 3.35. The summed E-state index contributed by atoms with van der Waals surface area (Å²) in [6.07, 6.45) is 3.73. The molecule has 0 bridgehead atoms. The zero-order valence-electron chi connectivity index (χ0n) is 15.9. The third kappa shape index (κ3) is 3.61. The molecule has 2 heterocycles. The fourth-order valence-electron chi connectivity index (χ4n) is 3.88. The Hall–Kier alpha value is -2.63. The number of nitrogens with zero attached hydrogens (tertiary/aromatic N) is 2. The normalized spacial score (nSPS) is 19.6. The summed E-state index contributed by atoms with van der Waals surface area (Å²) in [6, 6.07) is 7.58. The summed E-state index contributed by atoms with van der Waals surface area (Å²) < 4.78 is 0. The molecule has 0 spiro atoms. The molecule has 2 amide bonds. The standard InChI is InChI=1S/C21H26N4O2/c1-3-10-25-12-17(11-18(25)26)22-21(27)16-8-4-14(5-9-16)19-13(2)23-24-20(19)15-6-7-15/h4-5,8-9,15,17H,3,6-7,10-12H2,1-2H3,(H,22,27)(H,23,24). The van der Waals surface area contributed by atoms with Crippen molar-refractivity contribution in [1.82, 2.24) is 20.4 Å². The molecular weight excluding hydrogens is 340 g/mol. The van der Waals surface area contributed by atoms with Crippen LogP contribution < -0.4 is 5.32 Å². The fraction of sp³-hybridized carbons (Fsp3) is 0.476. The number of likely N-dealkylation sites (tertiary alicyclic amines) is 1. The third-order valence-electron chi connectivity index (χ3n) is 5.42. The minimum Gasteiger partial charge on any atom is -0.347 e. The zero-order chi connectivity index (χ0) is 19.0. The predicted octanol–water partition coefficient (Wildman–Crippen LogP) is 3.00. The first-order chi connectivity index (χ1) is 13.1. The van der Waals surface area contributed by atoms with Gasteiger partial charge >= 0.3 is 0 Å². The lowest BCUT2D eigenvalue weighted by Crippen LogP contribution is -2.37. The first-order valence-corrected chi connectivity index (χ1v) is 9.80. The van der Waals surface area contributed by atoms with Crippen molar-refractivity contribution in [3.63, 3.8) is 0 Å². The van der Waals surface area contributed by atoms with E-state index in [0.717, 1.165) is 29.9 Å². The topological polar surface area (TPSA) is 78.1 Å². The van der Waals surface area contributed by atoms with Gasteiger partial charge in [0.05, 0.1) is 11.7 Å². The van der Waals surface area contributed by atoms with E-state index in [1.807, 2.05) is 36.1 Å². The first kappa shape index (κ1) is 17.8. The van der Waals surface area contributed by atoms with Crippen LogP contribution in [0.25, 0.3) is 11.1 Å². The molecule has 0 radical (unpaired) electrons. The number of aromatic nitrogens is 2. The number of nitrogens with one attached hydrogen (secondary N) is 2. The van der Waals surface area contributed by atoms with Gasteiger partial charge in [-0.2, -0.15) is 5.10 Å². The number of aryl methyl sites for hydroxylation is 1. The molecule has 1 aliphatic heterocycles. The number of aromatic amines is 1. The van der Waals surface area contributed by atoms with Gasteiger partial charge in [0.15, 0.2) is 0 Å². The Balaban J connectivity index is 1.44. The second-order valence-corrected chi connectivity index (χ2v) is 7.67. The smallest absolute Gasteiger partial charge is 0.251 e. The van der Waals surface area contributed by atoms with E-state index < -0.39 is 0 Å². The van der Waals surface area contributed by atoms with Crippen LogP contribution in [0.3, 0.4) is 0 Å². The van der Waals surface area contributed by atoms with Crippen LogP contribution in [-0.4, -0.2) is 46.0 Å². The first-order valence-electron chi connectivity index (χ1n) is 9.80. The molecule has 1 atom stereocenters. The molecular formula is C21H26N4O2. The van der Waals surface area contributed by atoms with Gasteiger partial charge in [-0.1, -0.05) is 19.1 Å². The molecule has 6 nitrogen and oxygen atoms in total. The summed E-state index contributed by atoms with van der Waals surface area (Å²) in [7, 11) is 0. The Morgan fingerprint density at radius 3 is 2.70 bits per heavy atom. The lowest BCUT2D eigenvalue weighted by Gasteiger charge is -2.16. The van der Waals surface area contributed by atoms with Crippen LogP contribution in [-0.2, 0) is 4.79 Å². The molecule has 142 valence electrons. The van der Waals surface area contributed by atoms with Crippen LogP contribution in [0.1, 0.15) is 60.3 Å².